The van der Waals surface area contributed by atoms with E-state index in [-0.39, 0.29) is 11.4 Å². The third-order valence-electron chi connectivity index (χ3n) is 3.73. The number of aliphatic carboxylic acids is 1. The molecule has 1 heterocycles. The number of benzene rings is 1. The molecule has 1 N–H and O–H groups in total. The molecule has 21 heavy (non-hydrogen) atoms. The first-order valence-electron chi connectivity index (χ1n) is 6.69. The van der Waals surface area contributed by atoms with Gasteiger partial charge in [-0.15, -0.1) is 0 Å². The number of aryl methyl sites for hydroxylation is 2. The van der Waals surface area contributed by atoms with Crippen LogP contribution >= 0.6 is 0 Å². The molecule has 116 valence electrons. The summed E-state index contributed by atoms with van der Waals surface area (Å²) in [5.41, 5.74) is 1.42. The van der Waals surface area contributed by atoms with Gasteiger partial charge in [0.2, 0.25) is 10.0 Å². The van der Waals surface area contributed by atoms with Gasteiger partial charge in [0, 0.05) is 6.54 Å². The first-order chi connectivity index (χ1) is 9.78. The van der Waals surface area contributed by atoms with Crippen LogP contribution in [0.3, 0.4) is 0 Å². The van der Waals surface area contributed by atoms with E-state index in [1.165, 1.54) is 19.2 Å². The Kier molecular flexibility index (Phi) is 4.25. The Bertz CT molecular complexity index is 645. The Hall–Kier alpha value is -1.60. The molecule has 7 heteroatoms. The Morgan fingerprint density at radius 2 is 1.90 bits per heavy atom. The molecule has 1 fully saturated rings. The van der Waals surface area contributed by atoms with Gasteiger partial charge < -0.3 is 9.84 Å². The van der Waals surface area contributed by atoms with Gasteiger partial charge in [-0.25, -0.2) is 8.42 Å². The van der Waals surface area contributed by atoms with Gasteiger partial charge >= 0.3 is 5.97 Å². The molecule has 0 bridgehead atoms. The Balaban J connectivity index is 2.47. The molecule has 1 atom stereocenters. The number of nitrogens with zero attached hydrogens (tertiary/aromatic N) is 1. The van der Waals surface area contributed by atoms with Crippen molar-refractivity contribution >= 4 is 16.0 Å². The zero-order valence-corrected chi connectivity index (χ0v) is 13.1. The van der Waals surface area contributed by atoms with Gasteiger partial charge in [0.15, 0.2) is 0 Å². The highest BCUT2D eigenvalue weighted by atomic mass is 32.2. The number of ether oxygens (including phenoxy) is 1. The minimum Gasteiger partial charge on any atom is -0.496 e. The maximum Gasteiger partial charge on any atom is 0.322 e. The summed E-state index contributed by atoms with van der Waals surface area (Å²) in [5, 5.41) is 9.16. The molecular formula is C14H19NO5S. The largest absolute Gasteiger partial charge is 0.496 e. The fourth-order valence-corrected chi connectivity index (χ4v) is 4.61. The lowest BCUT2D eigenvalue weighted by atomic mass is 10.1. The van der Waals surface area contributed by atoms with Crippen LogP contribution in [0.4, 0.5) is 0 Å². The molecule has 0 radical (unpaired) electrons. The van der Waals surface area contributed by atoms with E-state index in [4.69, 9.17) is 9.84 Å². The monoisotopic (exact) mass is 313 g/mol. The van der Waals surface area contributed by atoms with Gasteiger partial charge in [-0.2, -0.15) is 4.31 Å². The van der Waals surface area contributed by atoms with Gasteiger partial charge in [0.25, 0.3) is 0 Å². The molecule has 1 aliphatic heterocycles. The van der Waals surface area contributed by atoms with Gasteiger partial charge in [0.05, 0.1) is 12.0 Å². The van der Waals surface area contributed by atoms with E-state index in [0.29, 0.717) is 29.7 Å². The molecule has 0 aromatic heterocycles. The van der Waals surface area contributed by atoms with E-state index in [1.807, 2.05) is 0 Å². The average molecular weight is 313 g/mol. The summed E-state index contributed by atoms with van der Waals surface area (Å²) in [7, 11) is -2.27. The smallest absolute Gasteiger partial charge is 0.322 e. The molecule has 1 aromatic carbocycles. The van der Waals surface area contributed by atoms with E-state index in [9.17, 15) is 13.2 Å². The Labute approximate surface area is 124 Å². The summed E-state index contributed by atoms with van der Waals surface area (Å²) in [6.07, 6.45) is 0.910. The quantitative estimate of drug-likeness (QED) is 0.911. The van der Waals surface area contributed by atoms with Crippen molar-refractivity contribution in [2.45, 2.75) is 37.6 Å². The summed E-state index contributed by atoms with van der Waals surface area (Å²) >= 11 is 0. The number of carboxylic acid groups (broad SMARTS) is 1. The summed E-state index contributed by atoms with van der Waals surface area (Å²) < 4.78 is 31.7. The number of rotatable bonds is 4. The van der Waals surface area contributed by atoms with Gasteiger partial charge in [0.1, 0.15) is 11.8 Å². The standard InChI is InChI=1S/C14H19NO5S/c1-9-7-11(8-10(2)13(9)20-3)21(18,19)15-6-4-5-12(15)14(16)17/h7-8,12H,4-6H2,1-3H3,(H,16,17)/t12-/m0/s1. The van der Waals surface area contributed by atoms with Crippen LogP contribution in [-0.2, 0) is 14.8 Å². The highest BCUT2D eigenvalue weighted by molar-refractivity contribution is 7.89. The first-order valence-corrected chi connectivity index (χ1v) is 8.13. The van der Waals surface area contributed by atoms with Crippen LogP contribution in [0, 0.1) is 13.8 Å². The van der Waals surface area contributed by atoms with Gasteiger partial charge in [-0.1, -0.05) is 0 Å². The highest BCUT2D eigenvalue weighted by Gasteiger charge is 2.39. The zero-order chi connectivity index (χ0) is 15.8. The van der Waals surface area contributed by atoms with Crippen LogP contribution in [0.5, 0.6) is 5.75 Å². The van der Waals surface area contributed by atoms with Crippen LogP contribution in [-0.4, -0.2) is 43.5 Å². The van der Waals surface area contributed by atoms with Crippen molar-refractivity contribution in [1.29, 1.82) is 0 Å². The summed E-state index contributed by atoms with van der Waals surface area (Å²) in [6.45, 7) is 3.77. The number of carboxylic acids is 1. The van der Waals surface area contributed by atoms with Crippen molar-refractivity contribution in [1.82, 2.24) is 4.31 Å². The summed E-state index contributed by atoms with van der Waals surface area (Å²) in [4.78, 5) is 11.3. The number of methoxy groups -OCH3 is 1. The zero-order valence-electron chi connectivity index (χ0n) is 12.3. The maximum absolute atomic E-state index is 12.7. The molecule has 0 spiro atoms. The lowest BCUT2D eigenvalue weighted by molar-refractivity contribution is -0.140. The second-order valence-electron chi connectivity index (χ2n) is 5.20. The van der Waals surface area contributed by atoms with E-state index in [0.717, 1.165) is 4.31 Å². The SMILES string of the molecule is COc1c(C)cc(S(=O)(=O)N2CCC[C@H]2C(=O)O)cc1C. The predicted octanol–water partition coefficient (Wildman–Crippen LogP) is 1.55. The lowest BCUT2D eigenvalue weighted by Gasteiger charge is -2.22. The Morgan fingerprint density at radius 1 is 1.33 bits per heavy atom. The fourth-order valence-electron chi connectivity index (χ4n) is 2.79. The number of hydrogen-bond acceptors (Lipinski definition) is 4. The van der Waals surface area contributed by atoms with E-state index in [2.05, 4.69) is 0 Å². The third kappa shape index (κ3) is 2.75. The van der Waals surface area contributed by atoms with E-state index in [1.54, 1.807) is 13.8 Å². The maximum atomic E-state index is 12.7. The number of carbonyl (C=O) groups is 1. The van der Waals surface area contributed by atoms with Crippen LogP contribution in [0.15, 0.2) is 17.0 Å². The van der Waals surface area contributed by atoms with Gasteiger partial charge in [-0.05, 0) is 49.9 Å². The number of hydrogen-bond donors (Lipinski definition) is 1. The molecular weight excluding hydrogens is 294 g/mol. The van der Waals surface area contributed by atoms with Crippen molar-refractivity contribution < 1.29 is 23.1 Å². The highest BCUT2D eigenvalue weighted by Crippen LogP contribution is 2.31. The fraction of sp³-hybridized carbons (Fsp3) is 0.500. The summed E-state index contributed by atoms with van der Waals surface area (Å²) in [6, 6.07) is 2.08. The molecule has 1 saturated heterocycles. The lowest BCUT2D eigenvalue weighted by Crippen LogP contribution is -2.40. The minimum absolute atomic E-state index is 0.117. The molecule has 0 saturated carbocycles. The number of sulfonamides is 1. The topological polar surface area (TPSA) is 83.9 Å². The average Bonchev–Trinajstić information content (AvgIpc) is 2.88. The van der Waals surface area contributed by atoms with Crippen molar-refractivity contribution in [3.05, 3.63) is 23.3 Å². The second kappa shape index (κ2) is 5.65. The van der Waals surface area contributed by atoms with Crippen LogP contribution in [0.1, 0.15) is 24.0 Å². The molecule has 1 aromatic rings. The second-order valence-corrected chi connectivity index (χ2v) is 7.09. The van der Waals surface area contributed by atoms with Crippen molar-refractivity contribution in [3.8, 4) is 5.75 Å². The normalized spacial score (nSPS) is 19.7. The molecule has 0 amide bonds. The predicted molar refractivity (Wildman–Crippen MR) is 77.0 cm³/mol. The first kappa shape index (κ1) is 15.8. The van der Waals surface area contributed by atoms with E-state index < -0.39 is 22.0 Å². The molecule has 6 nitrogen and oxygen atoms in total. The molecule has 1 aliphatic rings. The molecule has 0 unspecified atom stereocenters. The van der Waals surface area contributed by atoms with E-state index >= 15 is 0 Å². The molecule has 0 aliphatic carbocycles. The van der Waals surface area contributed by atoms with Crippen molar-refractivity contribution in [3.63, 3.8) is 0 Å². The van der Waals surface area contributed by atoms with Crippen molar-refractivity contribution in [2.75, 3.05) is 13.7 Å². The van der Waals surface area contributed by atoms with Gasteiger partial charge in [-0.3, -0.25) is 4.79 Å². The van der Waals surface area contributed by atoms with Crippen molar-refractivity contribution in [2.24, 2.45) is 0 Å². The Morgan fingerprint density at radius 3 is 2.38 bits per heavy atom. The van der Waals surface area contributed by atoms with Crippen LogP contribution in [0.2, 0.25) is 0 Å². The summed E-state index contributed by atoms with van der Waals surface area (Å²) in [5.74, 6) is -0.455. The third-order valence-corrected chi connectivity index (χ3v) is 5.62. The van der Waals surface area contributed by atoms with Crippen LogP contribution < -0.4 is 4.74 Å². The minimum atomic E-state index is -3.81. The molecule has 2 rings (SSSR count). The van der Waals surface area contributed by atoms with Crippen LogP contribution in [0.25, 0.3) is 0 Å².